The summed E-state index contributed by atoms with van der Waals surface area (Å²) in [6.45, 7) is 7.44. The summed E-state index contributed by atoms with van der Waals surface area (Å²) in [7, 11) is 1.78. The molecule has 0 atom stereocenters. The number of hydrogen-bond acceptors (Lipinski definition) is 2. The maximum atomic E-state index is 5.21. The van der Waals surface area contributed by atoms with Gasteiger partial charge in [0.2, 0.25) is 0 Å². The fraction of sp³-hybridized carbons (Fsp3) is 0.900. The lowest BCUT2D eigenvalue weighted by molar-refractivity contribution is 0.152. The van der Waals surface area contributed by atoms with Crippen LogP contribution in [0.1, 0.15) is 26.7 Å². The smallest absolute Gasteiger partial charge is 0.191 e. The predicted molar refractivity (Wildman–Crippen MR) is 76.2 cm³/mol. The van der Waals surface area contributed by atoms with Crippen LogP contribution in [0.25, 0.3) is 0 Å². The molecule has 0 radical (unpaired) electrons. The molecule has 5 heteroatoms. The number of nitrogens with one attached hydrogen (secondary N) is 2. The third-order valence-corrected chi connectivity index (χ3v) is 1.79. The Morgan fingerprint density at radius 1 is 1.20 bits per heavy atom. The second-order valence-electron chi connectivity index (χ2n) is 2.98. The van der Waals surface area contributed by atoms with Crippen LogP contribution in [0.2, 0.25) is 0 Å². The van der Waals surface area contributed by atoms with Crippen LogP contribution in [-0.2, 0) is 4.74 Å². The van der Waals surface area contributed by atoms with Crippen LogP contribution in [0.15, 0.2) is 4.99 Å². The van der Waals surface area contributed by atoms with Crippen LogP contribution in [0, 0.1) is 0 Å². The Morgan fingerprint density at radius 3 is 2.40 bits per heavy atom. The molecular formula is C10H24IN3O. The van der Waals surface area contributed by atoms with E-state index >= 15 is 0 Å². The fourth-order valence-electron chi connectivity index (χ4n) is 0.990. The van der Waals surface area contributed by atoms with Gasteiger partial charge in [-0.05, 0) is 13.3 Å². The zero-order chi connectivity index (χ0) is 10.6. The van der Waals surface area contributed by atoms with E-state index in [-0.39, 0.29) is 24.0 Å². The van der Waals surface area contributed by atoms with Gasteiger partial charge in [0.05, 0.1) is 6.61 Å². The first-order valence-corrected chi connectivity index (χ1v) is 5.37. The van der Waals surface area contributed by atoms with Gasteiger partial charge in [0, 0.05) is 26.7 Å². The largest absolute Gasteiger partial charge is 0.380 e. The monoisotopic (exact) mass is 329 g/mol. The average Bonchev–Trinajstić information content (AvgIpc) is 2.22. The van der Waals surface area contributed by atoms with E-state index in [0.717, 1.165) is 32.3 Å². The van der Waals surface area contributed by atoms with E-state index < -0.39 is 0 Å². The summed E-state index contributed by atoms with van der Waals surface area (Å²) in [6, 6.07) is 0. The molecule has 0 fully saturated rings. The highest BCUT2D eigenvalue weighted by atomic mass is 127. The minimum Gasteiger partial charge on any atom is -0.380 e. The minimum atomic E-state index is 0. The highest BCUT2D eigenvalue weighted by Gasteiger charge is 1.94. The number of unbranched alkanes of at least 4 members (excludes halogenated alkanes) is 1. The SMILES string of the molecule is CCCCNC(=NC)NCCOCC.I. The highest BCUT2D eigenvalue weighted by molar-refractivity contribution is 14.0. The molecule has 0 spiro atoms. The summed E-state index contributed by atoms with van der Waals surface area (Å²) in [5, 5.41) is 6.41. The summed E-state index contributed by atoms with van der Waals surface area (Å²) in [6.07, 6.45) is 2.37. The number of aliphatic imine (C=N–C) groups is 1. The zero-order valence-corrected chi connectivity index (χ0v) is 12.3. The van der Waals surface area contributed by atoms with Crippen molar-refractivity contribution in [3.05, 3.63) is 0 Å². The molecule has 0 amide bonds. The Balaban J connectivity index is 0. The molecule has 0 heterocycles. The topological polar surface area (TPSA) is 45.7 Å². The molecule has 2 N–H and O–H groups in total. The Labute approximate surface area is 110 Å². The second-order valence-corrected chi connectivity index (χ2v) is 2.98. The standard InChI is InChI=1S/C10H23N3O.HI/c1-4-6-7-12-10(11-3)13-8-9-14-5-2;/h4-9H2,1-3H3,(H2,11,12,13);1H. The van der Waals surface area contributed by atoms with Crippen LogP contribution in [-0.4, -0.2) is 39.3 Å². The minimum absolute atomic E-state index is 0. The summed E-state index contributed by atoms with van der Waals surface area (Å²) < 4.78 is 5.21. The van der Waals surface area contributed by atoms with E-state index in [4.69, 9.17) is 4.74 Å². The van der Waals surface area contributed by atoms with Gasteiger partial charge in [-0.3, -0.25) is 4.99 Å². The van der Waals surface area contributed by atoms with E-state index in [1.165, 1.54) is 12.8 Å². The quantitative estimate of drug-likeness (QED) is 0.323. The predicted octanol–water partition coefficient (Wildman–Crippen LogP) is 1.61. The molecule has 92 valence electrons. The molecule has 4 nitrogen and oxygen atoms in total. The Morgan fingerprint density at radius 2 is 1.87 bits per heavy atom. The first-order valence-electron chi connectivity index (χ1n) is 5.37. The first kappa shape index (κ1) is 17.4. The van der Waals surface area contributed by atoms with Gasteiger partial charge < -0.3 is 15.4 Å². The number of hydrogen-bond donors (Lipinski definition) is 2. The Bertz CT molecular complexity index is 154. The summed E-state index contributed by atoms with van der Waals surface area (Å²) in [4.78, 5) is 4.10. The van der Waals surface area contributed by atoms with Crippen molar-refractivity contribution < 1.29 is 4.74 Å². The zero-order valence-electron chi connectivity index (χ0n) is 10.0. The Hall–Kier alpha value is -0.0400. The Kier molecular flexibility index (Phi) is 16.2. The summed E-state index contributed by atoms with van der Waals surface area (Å²) in [5.74, 6) is 0.859. The first-order chi connectivity index (χ1) is 6.85. The molecule has 0 unspecified atom stereocenters. The molecule has 0 saturated heterocycles. The van der Waals surface area contributed by atoms with Gasteiger partial charge in [-0.25, -0.2) is 0 Å². The molecule has 15 heavy (non-hydrogen) atoms. The maximum Gasteiger partial charge on any atom is 0.191 e. The van der Waals surface area contributed by atoms with Crippen molar-refractivity contribution in [2.24, 2.45) is 4.99 Å². The normalized spacial score (nSPS) is 10.7. The second kappa shape index (κ2) is 14.0. The van der Waals surface area contributed by atoms with E-state index in [0.29, 0.717) is 0 Å². The molecule has 0 aliphatic rings. The molecule has 0 aliphatic heterocycles. The van der Waals surface area contributed by atoms with Gasteiger partial charge >= 0.3 is 0 Å². The molecule has 0 aliphatic carbocycles. The highest BCUT2D eigenvalue weighted by Crippen LogP contribution is 1.82. The van der Waals surface area contributed by atoms with Crippen molar-refractivity contribution in [1.82, 2.24) is 10.6 Å². The van der Waals surface area contributed by atoms with Crippen LogP contribution < -0.4 is 10.6 Å². The van der Waals surface area contributed by atoms with Crippen molar-refractivity contribution in [2.75, 3.05) is 33.4 Å². The van der Waals surface area contributed by atoms with Crippen molar-refractivity contribution in [1.29, 1.82) is 0 Å². The van der Waals surface area contributed by atoms with E-state index in [9.17, 15) is 0 Å². The van der Waals surface area contributed by atoms with Gasteiger partial charge in [-0.2, -0.15) is 0 Å². The number of halogens is 1. The van der Waals surface area contributed by atoms with E-state index in [1.54, 1.807) is 7.05 Å². The molecule has 0 rings (SSSR count). The number of guanidine groups is 1. The summed E-state index contributed by atoms with van der Waals surface area (Å²) >= 11 is 0. The van der Waals surface area contributed by atoms with Crippen molar-refractivity contribution in [3.8, 4) is 0 Å². The van der Waals surface area contributed by atoms with Gasteiger partial charge in [0.1, 0.15) is 0 Å². The van der Waals surface area contributed by atoms with Gasteiger partial charge in [0.25, 0.3) is 0 Å². The lowest BCUT2D eigenvalue weighted by atomic mass is 10.3. The van der Waals surface area contributed by atoms with Crippen LogP contribution in [0.4, 0.5) is 0 Å². The third kappa shape index (κ3) is 11.9. The third-order valence-electron chi connectivity index (χ3n) is 1.79. The number of rotatable bonds is 7. The van der Waals surface area contributed by atoms with Crippen LogP contribution in [0.5, 0.6) is 0 Å². The molecule has 0 aromatic carbocycles. The summed E-state index contributed by atoms with van der Waals surface area (Å²) in [5.41, 5.74) is 0. The van der Waals surface area contributed by atoms with Gasteiger partial charge in [-0.1, -0.05) is 13.3 Å². The van der Waals surface area contributed by atoms with Crippen molar-refractivity contribution >= 4 is 29.9 Å². The lowest BCUT2D eigenvalue weighted by Crippen LogP contribution is -2.39. The molecule has 0 bridgehead atoms. The molecule has 0 aromatic heterocycles. The number of ether oxygens (including phenoxy) is 1. The lowest BCUT2D eigenvalue weighted by Gasteiger charge is -2.11. The molecular weight excluding hydrogens is 305 g/mol. The van der Waals surface area contributed by atoms with Crippen LogP contribution in [0.3, 0.4) is 0 Å². The van der Waals surface area contributed by atoms with Gasteiger partial charge in [0.15, 0.2) is 5.96 Å². The van der Waals surface area contributed by atoms with Crippen molar-refractivity contribution in [2.45, 2.75) is 26.7 Å². The average molecular weight is 329 g/mol. The fourth-order valence-corrected chi connectivity index (χ4v) is 0.990. The van der Waals surface area contributed by atoms with Crippen molar-refractivity contribution in [3.63, 3.8) is 0 Å². The van der Waals surface area contributed by atoms with Crippen LogP contribution >= 0.6 is 24.0 Å². The van der Waals surface area contributed by atoms with E-state index in [1.807, 2.05) is 6.92 Å². The molecule has 0 saturated carbocycles. The van der Waals surface area contributed by atoms with E-state index in [2.05, 4.69) is 22.5 Å². The number of nitrogens with zero attached hydrogens (tertiary/aromatic N) is 1. The molecule has 0 aromatic rings. The van der Waals surface area contributed by atoms with Gasteiger partial charge in [-0.15, -0.1) is 24.0 Å². The maximum absolute atomic E-state index is 5.21.